The van der Waals surface area contributed by atoms with E-state index in [2.05, 4.69) is 5.32 Å². The van der Waals surface area contributed by atoms with E-state index in [4.69, 9.17) is 4.42 Å². The predicted molar refractivity (Wildman–Crippen MR) is 87.9 cm³/mol. The molecule has 5 nitrogen and oxygen atoms in total. The van der Waals surface area contributed by atoms with Gasteiger partial charge in [0.05, 0.1) is 11.2 Å². The topological polar surface area (TPSA) is 76.4 Å². The molecule has 2 aromatic rings. The second-order valence-electron chi connectivity index (χ2n) is 5.45. The van der Waals surface area contributed by atoms with Gasteiger partial charge in [-0.2, -0.15) is 0 Å². The maximum atomic E-state index is 13.0. The van der Waals surface area contributed by atoms with Crippen LogP contribution in [0.2, 0.25) is 0 Å². The fourth-order valence-electron chi connectivity index (χ4n) is 2.22. The van der Waals surface area contributed by atoms with Crippen molar-refractivity contribution in [3.63, 3.8) is 0 Å². The highest BCUT2D eigenvalue weighted by Gasteiger charge is 2.31. The lowest BCUT2D eigenvalue weighted by Crippen LogP contribution is -2.31. The molecule has 0 aliphatic heterocycles. The third-order valence-electron chi connectivity index (χ3n) is 3.85. The van der Waals surface area contributed by atoms with E-state index < -0.39 is 15.1 Å². The van der Waals surface area contributed by atoms with Crippen LogP contribution in [-0.4, -0.2) is 20.9 Å². The number of benzene rings is 1. The molecule has 124 valence electrons. The summed E-state index contributed by atoms with van der Waals surface area (Å²) in [6.07, 6.45) is 1.73. The van der Waals surface area contributed by atoms with Crippen molar-refractivity contribution in [2.45, 2.75) is 37.3 Å². The van der Waals surface area contributed by atoms with Gasteiger partial charge in [-0.3, -0.25) is 4.79 Å². The molecule has 1 heterocycles. The highest BCUT2D eigenvalue weighted by Crippen LogP contribution is 2.29. The molecule has 1 amide bonds. The second-order valence-corrected chi connectivity index (χ2v) is 7.58. The fraction of sp³-hybridized carbons (Fsp3) is 0.353. The van der Waals surface area contributed by atoms with Gasteiger partial charge < -0.3 is 9.73 Å². The molecular weight excluding hydrogens is 314 g/mol. The van der Waals surface area contributed by atoms with Gasteiger partial charge in [0.25, 0.3) is 0 Å². The zero-order valence-electron chi connectivity index (χ0n) is 13.5. The lowest BCUT2D eigenvalue weighted by molar-refractivity contribution is -0.120. The summed E-state index contributed by atoms with van der Waals surface area (Å²) in [5.74, 6) is 0.122. The SMILES string of the molecule is CCC(=O)NC[C@H](c1ccco1)S(=O)(=O)c1ccc(C)c(C)c1. The van der Waals surface area contributed by atoms with Crippen LogP contribution in [0.15, 0.2) is 45.9 Å². The summed E-state index contributed by atoms with van der Waals surface area (Å²) < 4.78 is 31.3. The summed E-state index contributed by atoms with van der Waals surface area (Å²) in [5, 5.41) is 1.70. The first-order valence-corrected chi connectivity index (χ1v) is 9.02. The van der Waals surface area contributed by atoms with Crippen molar-refractivity contribution in [1.29, 1.82) is 0 Å². The lowest BCUT2D eigenvalue weighted by atomic mass is 10.1. The number of hydrogen-bond acceptors (Lipinski definition) is 4. The smallest absolute Gasteiger partial charge is 0.219 e. The average Bonchev–Trinajstić information content (AvgIpc) is 3.03. The second kappa shape index (κ2) is 7.00. The van der Waals surface area contributed by atoms with Crippen molar-refractivity contribution in [3.8, 4) is 0 Å². The van der Waals surface area contributed by atoms with Crippen LogP contribution in [-0.2, 0) is 14.6 Å². The van der Waals surface area contributed by atoms with E-state index in [9.17, 15) is 13.2 Å². The first-order valence-electron chi connectivity index (χ1n) is 7.47. The van der Waals surface area contributed by atoms with Crippen molar-refractivity contribution in [1.82, 2.24) is 5.32 Å². The summed E-state index contributed by atoms with van der Waals surface area (Å²) in [5.41, 5.74) is 1.93. The van der Waals surface area contributed by atoms with Crippen molar-refractivity contribution < 1.29 is 17.6 Å². The Labute approximate surface area is 136 Å². The molecule has 0 bridgehead atoms. The zero-order valence-corrected chi connectivity index (χ0v) is 14.3. The molecule has 0 saturated carbocycles. The van der Waals surface area contributed by atoms with Gasteiger partial charge in [-0.05, 0) is 49.2 Å². The molecule has 1 aromatic carbocycles. The Bertz CT molecular complexity index is 779. The lowest BCUT2D eigenvalue weighted by Gasteiger charge is -2.17. The maximum absolute atomic E-state index is 13.0. The summed E-state index contributed by atoms with van der Waals surface area (Å²) in [6.45, 7) is 5.50. The molecule has 2 rings (SSSR count). The average molecular weight is 335 g/mol. The standard InChI is InChI=1S/C17H21NO4S/c1-4-17(19)18-11-16(15-6-5-9-22-15)23(20,21)14-8-7-12(2)13(3)10-14/h5-10,16H,4,11H2,1-3H3,(H,18,19)/t16-/m1/s1. The minimum Gasteiger partial charge on any atom is -0.468 e. The van der Waals surface area contributed by atoms with Crippen LogP contribution in [0.4, 0.5) is 0 Å². The Hall–Kier alpha value is -2.08. The van der Waals surface area contributed by atoms with Gasteiger partial charge in [-0.15, -0.1) is 0 Å². The quantitative estimate of drug-likeness (QED) is 0.880. The molecule has 1 N–H and O–H groups in total. The van der Waals surface area contributed by atoms with Crippen molar-refractivity contribution in [3.05, 3.63) is 53.5 Å². The minimum absolute atomic E-state index is 0.0184. The number of sulfone groups is 1. The maximum Gasteiger partial charge on any atom is 0.219 e. The number of nitrogens with one attached hydrogen (secondary N) is 1. The molecule has 6 heteroatoms. The minimum atomic E-state index is -3.68. The molecule has 0 radical (unpaired) electrons. The number of carbonyl (C=O) groups excluding carboxylic acids is 1. The normalized spacial score (nSPS) is 12.8. The van der Waals surface area contributed by atoms with Gasteiger partial charge in [-0.25, -0.2) is 8.42 Å². The van der Waals surface area contributed by atoms with E-state index in [-0.39, 0.29) is 17.3 Å². The van der Waals surface area contributed by atoms with Gasteiger partial charge in [0.1, 0.15) is 11.0 Å². The first kappa shape index (κ1) is 17.3. The molecule has 0 fully saturated rings. The largest absolute Gasteiger partial charge is 0.468 e. The third-order valence-corrected chi connectivity index (χ3v) is 5.91. The number of carbonyl (C=O) groups is 1. The summed E-state index contributed by atoms with van der Waals surface area (Å²) in [4.78, 5) is 11.7. The molecule has 0 unspecified atom stereocenters. The Morgan fingerprint density at radius 2 is 1.96 bits per heavy atom. The number of amides is 1. The van der Waals surface area contributed by atoms with Crippen LogP contribution >= 0.6 is 0 Å². The van der Waals surface area contributed by atoms with E-state index in [0.29, 0.717) is 12.2 Å². The highest BCUT2D eigenvalue weighted by atomic mass is 32.2. The van der Waals surface area contributed by atoms with E-state index >= 15 is 0 Å². The number of aryl methyl sites for hydroxylation is 2. The molecular formula is C17H21NO4S. The Morgan fingerprint density at radius 1 is 1.22 bits per heavy atom. The van der Waals surface area contributed by atoms with Crippen molar-refractivity contribution >= 4 is 15.7 Å². The van der Waals surface area contributed by atoms with E-state index in [0.717, 1.165) is 11.1 Å². The molecule has 1 aromatic heterocycles. The molecule has 1 atom stereocenters. The molecule has 0 aliphatic rings. The summed E-state index contributed by atoms with van der Waals surface area (Å²) in [6, 6.07) is 8.28. The molecule has 0 spiro atoms. The van der Waals surface area contributed by atoms with Crippen LogP contribution in [0.25, 0.3) is 0 Å². The molecule has 0 saturated heterocycles. The Morgan fingerprint density at radius 3 is 2.52 bits per heavy atom. The fourth-order valence-corrected chi connectivity index (χ4v) is 3.89. The van der Waals surface area contributed by atoms with Gasteiger partial charge in [0.15, 0.2) is 9.84 Å². The Kier molecular flexibility index (Phi) is 5.26. The van der Waals surface area contributed by atoms with Crippen molar-refractivity contribution in [2.75, 3.05) is 6.54 Å². The van der Waals surface area contributed by atoms with E-state index in [1.807, 2.05) is 13.8 Å². The summed E-state index contributed by atoms with van der Waals surface area (Å²) >= 11 is 0. The number of rotatable bonds is 6. The van der Waals surface area contributed by atoms with Gasteiger partial charge in [0.2, 0.25) is 5.91 Å². The van der Waals surface area contributed by atoms with Crippen molar-refractivity contribution in [2.24, 2.45) is 0 Å². The van der Waals surface area contributed by atoms with Gasteiger partial charge >= 0.3 is 0 Å². The van der Waals surface area contributed by atoms with Crippen LogP contribution in [0.3, 0.4) is 0 Å². The number of furan rings is 1. The number of hydrogen-bond donors (Lipinski definition) is 1. The van der Waals surface area contributed by atoms with Crippen LogP contribution in [0.5, 0.6) is 0 Å². The third kappa shape index (κ3) is 3.82. The van der Waals surface area contributed by atoms with E-state index in [1.165, 1.54) is 6.26 Å². The predicted octanol–water partition coefficient (Wildman–Crippen LogP) is 2.94. The monoisotopic (exact) mass is 335 g/mol. The molecule has 23 heavy (non-hydrogen) atoms. The van der Waals surface area contributed by atoms with Crippen LogP contribution in [0, 0.1) is 13.8 Å². The van der Waals surface area contributed by atoms with Gasteiger partial charge in [-0.1, -0.05) is 13.0 Å². The first-order chi connectivity index (χ1) is 10.9. The Balaban J connectivity index is 2.40. The van der Waals surface area contributed by atoms with Gasteiger partial charge in [0, 0.05) is 13.0 Å². The molecule has 0 aliphatic carbocycles. The summed E-state index contributed by atoms with van der Waals surface area (Å²) in [7, 11) is -3.68. The highest BCUT2D eigenvalue weighted by molar-refractivity contribution is 7.91. The van der Waals surface area contributed by atoms with Crippen LogP contribution in [0.1, 0.15) is 35.5 Å². The van der Waals surface area contributed by atoms with Crippen LogP contribution < -0.4 is 5.32 Å². The van der Waals surface area contributed by atoms with E-state index in [1.54, 1.807) is 37.3 Å². The zero-order chi connectivity index (χ0) is 17.0.